The molecule has 11 nitrogen and oxygen atoms in total. The first-order chi connectivity index (χ1) is 28.0. The van der Waals surface area contributed by atoms with Crippen molar-refractivity contribution in [2.24, 2.45) is 0 Å². The van der Waals surface area contributed by atoms with Crippen molar-refractivity contribution < 1.29 is 34.2 Å². The lowest BCUT2D eigenvalue weighted by Crippen LogP contribution is -2.40. The molecule has 0 bridgehead atoms. The predicted molar refractivity (Wildman–Crippen MR) is 225 cm³/mol. The van der Waals surface area contributed by atoms with E-state index in [0.29, 0.717) is 28.2 Å². The van der Waals surface area contributed by atoms with Crippen LogP contribution in [0.15, 0.2) is 91.1 Å². The van der Waals surface area contributed by atoms with Gasteiger partial charge in [-0.2, -0.15) is 0 Å². The van der Waals surface area contributed by atoms with Gasteiger partial charge in [0.15, 0.2) is 0 Å². The number of thiophene rings is 1. The number of fused-ring (bicyclic) bond motifs is 1. The average molecular weight is 801 g/mol. The van der Waals surface area contributed by atoms with Gasteiger partial charge in [-0.1, -0.05) is 56.7 Å². The monoisotopic (exact) mass is 800 g/mol. The largest absolute Gasteiger partial charge is 0.478 e. The standard InChI is InChI=1S/C46H48N4O7S/c1-3-9-36(4-2)50(44(53)38-25-22-34(27-47-38)46(56)57)28-31-12-8-13-33(26-31)41(51)49-43-40(37-14-5-6-15-39(37)58-43)42(52)48-35-23-18-30(19-24-35)11-7-10-29-16-20-32(21-17-29)45(54)55/h8,12-13,16-27,36H,3-7,9-11,14-15,28H2,1-2H3,(H,48,52)(H,49,51)(H,54,55)(H,56,57). The zero-order valence-electron chi connectivity index (χ0n) is 32.8. The summed E-state index contributed by atoms with van der Waals surface area (Å²) in [7, 11) is 0. The van der Waals surface area contributed by atoms with Crippen LogP contribution >= 0.6 is 11.3 Å². The van der Waals surface area contributed by atoms with Crippen molar-refractivity contribution in [3.8, 4) is 0 Å². The zero-order chi connectivity index (χ0) is 41.2. The van der Waals surface area contributed by atoms with Crippen molar-refractivity contribution in [2.45, 2.75) is 90.6 Å². The molecular formula is C46H48N4O7S. The van der Waals surface area contributed by atoms with Gasteiger partial charge in [0.1, 0.15) is 10.7 Å². The Kier molecular flexibility index (Phi) is 13.8. The Balaban J connectivity index is 1.14. The van der Waals surface area contributed by atoms with Crippen molar-refractivity contribution in [2.75, 3.05) is 10.6 Å². The molecule has 300 valence electrons. The Labute approximate surface area is 342 Å². The molecule has 1 atom stereocenters. The highest BCUT2D eigenvalue weighted by Gasteiger charge is 2.28. The number of carbonyl (C=O) groups is 5. The van der Waals surface area contributed by atoms with Crippen LogP contribution in [-0.2, 0) is 32.2 Å². The number of carbonyl (C=O) groups excluding carboxylic acids is 3. The lowest BCUT2D eigenvalue weighted by Gasteiger charge is -2.31. The van der Waals surface area contributed by atoms with Gasteiger partial charge >= 0.3 is 11.9 Å². The number of amides is 3. The maximum atomic E-state index is 14.0. The van der Waals surface area contributed by atoms with Crippen LogP contribution in [0.1, 0.15) is 131 Å². The molecule has 5 aromatic rings. The molecule has 0 fully saturated rings. The third-order valence-electron chi connectivity index (χ3n) is 10.5. The SMILES string of the molecule is CCCC(CC)N(Cc1cccc(C(=O)Nc2sc3c(c2C(=O)Nc2ccc(CCCc4ccc(C(=O)O)cc4)cc2)CCCC3)c1)C(=O)c1ccc(C(=O)O)cn1. The second-order valence-corrected chi connectivity index (χ2v) is 15.7. The fourth-order valence-electron chi connectivity index (χ4n) is 7.41. The Bertz CT molecular complexity index is 2270. The lowest BCUT2D eigenvalue weighted by molar-refractivity contribution is 0.0633. The number of carboxylic acid groups (broad SMARTS) is 2. The maximum absolute atomic E-state index is 14.0. The van der Waals surface area contributed by atoms with E-state index < -0.39 is 11.9 Å². The first-order valence-electron chi connectivity index (χ1n) is 19.8. The number of aromatic nitrogens is 1. The topological polar surface area (TPSA) is 166 Å². The van der Waals surface area contributed by atoms with Crippen molar-refractivity contribution >= 4 is 51.7 Å². The van der Waals surface area contributed by atoms with Gasteiger partial charge in [-0.25, -0.2) is 9.59 Å². The fraction of sp³-hybridized carbons (Fsp3) is 0.304. The normalized spacial score (nSPS) is 12.6. The van der Waals surface area contributed by atoms with E-state index in [0.717, 1.165) is 84.9 Å². The van der Waals surface area contributed by atoms with Crippen LogP contribution < -0.4 is 10.6 Å². The fourth-order valence-corrected chi connectivity index (χ4v) is 8.69. The number of anilines is 2. The van der Waals surface area contributed by atoms with Crippen LogP contribution in [0.2, 0.25) is 0 Å². The summed E-state index contributed by atoms with van der Waals surface area (Å²) in [5, 5.41) is 25.0. The summed E-state index contributed by atoms with van der Waals surface area (Å²) in [6, 6.07) is 24.5. The van der Waals surface area contributed by atoms with Gasteiger partial charge in [-0.05, 0) is 129 Å². The number of rotatable bonds is 17. The summed E-state index contributed by atoms with van der Waals surface area (Å²) in [6.45, 7) is 4.30. The van der Waals surface area contributed by atoms with Gasteiger partial charge in [0.25, 0.3) is 17.7 Å². The lowest BCUT2D eigenvalue weighted by atomic mass is 9.95. The molecule has 2 heterocycles. The molecule has 2 aromatic heterocycles. The minimum Gasteiger partial charge on any atom is -0.478 e. The Morgan fingerprint density at radius 3 is 2.07 bits per heavy atom. The Morgan fingerprint density at radius 1 is 0.759 bits per heavy atom. The van der Waals surface area contributed by atoms with Gasteiger partial charge < -0.3 is 25.7 Å². The molecule has 0 spiro atoms. The van der Waals surface area contributed by atoms with E-state index in [2.05, 4.69) is 22.5 Å². The molecule has 1 aliphatic rings. The molecule has 12 heteroatoms. The Hall–Kier alpha value is -6.14. The molecule has 3 aromatic carbocycles. The number of aromatic carboxylic acids is 2. The average Bonchev–Trinajstić information content (AvgIpc) is 3.60. The minimum absolute atomic E-state index is 0.00269. The van der Waals surface area contributed by atoms with Gasteiger partial charge in [0, 0.05) is 34.9 Å². The molecule has 0 aliphatic heterocycles. The van der Waals surface area contributed by atoms with Crippen LogP contribution in [0.5, 0.6) is 0 Å². The molecule has 6 rings (SSSR count). The smallest absolute Gasteiger partial charge is 0.337 e. The summed E-state index contributed by atoms with van der Waals surface area (Å²) in [4.78, 5) is 71.2. The number of carboxylic acids is 2. The molecular weight excluding hydrogens is 753 g/mol. The highest BCUT2D eigenvalue weighted by atomic mass is 32.1. The van der Waals surface area contributed by atoms with Gasteiger partial charge in [0.05, 0.1) is 16.7 Å². The number of nitrogens with zero attached hydrogens (tertiary/aromatic N) is 2. The molecule has 0 saturated carbocycles. The number of hydrogen-bond donors (Lipinski definition) is 4. The highest BCUT2D eigenvalue weighted by Crippen LogP contribution is 2.39. The summed E-state index contributed by atoms with van der Waals surface area (Å²) in [6.07, 6.45) is 9.64. The van der Waals surface area contributed by atoms with E-state index in [9.17, 15) is 29.1 Å². The van der Waals surface area contributed by atoms with Gasteiger partial charge in [-0.15, -0.1) is 11.3 Å². The third kappa shape index (κ3) is 10.2. The molecule has 58 heavy (non-hydrogen) atoms. The number of hydrogen-bond acceptors (Lipinski definition) is 7. The minimum atomic E-state index is -1.12. The van der Waals surface area contributed by atoms with Crippen LogP contribution in [0, 0.1) is 0 Å². The maximum Gasteiger partial charge on any atom is 0.337 e. The molecule has 3 amide bonds. The second-order valence-electron chi connectivity index (χ2n) is 14.6. The molecule has 4 N–H and O–H groups in total. The summed E-state index contributed by atoms with van der Waals surface area (Å²) in [5.74, 6) is -3.01. The predicted octanol–water partition coefficient (Wildman–Crippen LogP) is 9.32. The van der Waals surface area contributed by atoms with Crippen molar-refractivity contribution in [1.82, 2.24) is 9.88 Å². The van der Waals surface area contributed by atoms with Crippen LogP contribution in [0.4, 0.5) is 10.7 Å². The van der Waals surface area contributed by atoms with Crippen LogP contribution in [0.25, 0.3) is 0 Å². The molecule has 0 radical (unpaired) electrons. The first-order valence-corrected chi connectivity index (χ1v) is 20.6. The summed E-state index contributed by atoms with van der Waals surface area (Å²) in [5.41, 5.74) is 5.88. The van der Waals surface area contributed by atoms with E-state index in [1.165, 1.54) is 29.7 Å². The Morgan fingerprint density at radius 2 is 1.43 bits per heavy atom. The molecule has 1 unspecified atom stereocenters. The highest BCUT2D eigenvalue weighted by molar-refractivity contribution is 7.17. The van der Waals surface area contributed by atoms with Crippen LogP contribution in [0.3, 0.4) is 0 Å². The van der Waals surface area contributed by atoms with E-state index >= 15 is 0 Å². The number of aryl methyl sites for hydroxylation is 3. The van der Waals surface area contributed by atoms with Crippen molar-refractivity contribution in [3.63, 3.8) is 0 Å². The number of nitrogens with one attached hydrogen (secondary N) is 2. The van der Waals surface area contributed by atoms with Crippen molar-refractivity contribution in [3.05, 3.63) is 146 Å². The van der Waals surface area contributed by atoms with E-state index in [1.807, 2.05) is 49.4 Å². The first kappa shape index (κ1) is 41.5. The third-order valence-corrected chi connectivity index (χ3v) is 11.7. The van der Waals surface area contributed by atoms with E-state index in [4.69, 9.17) is 5.11 Å². The quantitative estimate of drug-likeness (QED) is 0.0722. The zero-order valence-corrected chi connectivity index (χ0v) is 33.6. The summed E-state index contributed by atoms with van der Waals surface area (Å²) < 4.78 is 0. The number of benzene rings is 3. The second kappa shape index (κ2) is 19.3. The van der Waals surface area contributed by atoms with Crippen molar-refractivity contribution in [1.29, 1.82) is 0 Å². The van der Waals surface area contributed by atoms with E-state index in [-0.39, 0.29) is 47.1 Å². The number of pyridine rings is 1. The van der Waals surface area contributed by atoms with E-state index in [1.54, 1.807) is 35.2 Å². The van der Waals surface area contributed by atoms with Crippen LogP contribution in [-0.4, -0.2) is 55.8 Å². The molecule has 1 aliphatic carbocycles. The molecule has 0 saturated heterocycles. The van der Waals surface area contributed by atoms with Gasteiger partial charge in [0.2, 0.25) is 0 Å². The summed E-state index contributed by atoms with van der Waals surface area (Å²) >= 11 is 1.45. The van der Waals surface area contributed by atoms with Gasteiger partial charge in [-0.3, -0.25) is 19.4 Å².